The Labute approximate surface area is 162 Å². The van der Waals surface area contributed by atoms with Gasteiger partial charge < -0.3 is 30.1 Å². The highest BCUT2D eigenvalue weighted by Gasteiger charge is 2.77. The van der Waals surface area contributed by atoms with E-state index < -0.39 is 28.7 Å². The van der Waals surface area contributed by atoms with Gasteiger partial charge in [-0.25, -0.2) is 4.79 Å². The van der Waals surface area contributed by atoms with Crippen molar-refractivity contribution in [1.29, 1.82) is 0 Å². The fourth-order valence-electron chi connectivity index (χ4n) is 5.56. The summed E-state index contributed by atoms with van der Waals surface area (Å²) in [6.45, 7) is 1.58. The molecule has 3 aliphatic carbocycles. The Morgan fingerprint density at radius 3 is 2.75 bits per heavy atom. The van der Waals surface area contributed by atoms with E-state index >= 15 is 0 Å². The summed E-state index contributed by atoms with van der Waals surface area (Å²) in [5.41, 5.74) is -3.56. The molecule has 1 heterocycles. The Kier molecular flexibility index (Phi) is 3.53. The van der Waals surface area contributed by atoms with Crippen molar-refractivity contribution in [2.75, 3.05) is 20.1 Å². The first-order valence-electron chi connectivity index (χ1n) is 9.80. The average molecular weight is 387 g/mol. The number of carbonyl (C=O) groups is 1. The van der Waals surface area contributed by atoms with Crippen LogP contribution < -0.4 is 4.74 Å². The molecule has 0 amide bonds. The molecule has 4 aliphatic rings. The van der Waals surface area contributed by atoms with E-state index in [1.807, 2.05) is 7.05 Å². The van der Waals surface area contributed by atoms with Crippen molar-refractivity contribution in [3.63, 3.8) is 0 Å². The van der Waals surface area contributed by atoms with Crippen LogP contribution in [0, 0.1) is 5.92 Å². The molecular weight excluding hydrogens is 362 g/mol. The molecule has 0 radical (unpaired) electrons. The second kappa shape index (κ2) is 5.49. The van der Waals surface area contributed by atoms with E-state index in [0.29, 0.717) is 24.4 Å². The summed E-state index contributed by atoms with van der Waals surface area (Å²) in [6, 6.07) is 3.24. The van der Waals surface area contributed by atoms with E-state index in [9.17, 15) is 25.2 Å². The highest BCUT2D eigenvalue weighted by molar-refractivity contribution is 5.84. The van der Waals surface area contributed by atoms with Crippen molar-refractivity contribution in [1.82, 2.24) is 4.90 Å². The van der Waals surface area contributed by atoms with Crippen molar-refractivity contribution in [2.45, 2.75) is 48.4 Å². The normalized spacial score (nSPS) is 37.2. The third-order valence-electron chi connectivity index (χ3n) is 7.11. The van der Waals surface area contributed by atoms with Gasteiger partial charge in [0.05, 0.1) is 5.41 Å². The summed E-state index contributed by atoms with van der Waals surface area (Å²) in [7, 11) is 2.02. The standard InChI is InChI=1S/C21H25NO6/c1-22(10-12-2-3-12)9-8-20-15-13-4-5-14(23)16(15)28-17(20)21(27,18(24)25)11-19(20,26)7-6-13/h4-7,12,17,23,26-27H,2-3,8-11H2,1H3,(H,24,25)/t17-,19+,20+,21+/m1/s1. The van der Waals surface area contributed by atoms with Crippen LogP contribution in [-0.2, 0) is 10.2 Å². The summed E-state index contributed by atoms with van der Waals surface area (Å²) < 4.78 is 5.92. The number of aromatic hydroxyl groups is 1. The molecule has 0 unspecified atom stereocenters. The number of carboxylic acid groups (broad SMARTS) is 1. The van der Waals surface area contributed by atoms with Crippen molar-refractivity contribution < 1.29 is 30.0 Å². The van der Waals surface area contributed by atoms with Crippen molar-refractivity contribution in [2.24, 2.45) is 5.92 Å². The number of nitrogens with zero attached hydrogens (tertiary/aromatic N) is 1. The maximum Gasteiger partial charge on any atom is 0.339 e. The van der Waals surface area contributed by atoms with Crippen LogP contribution in [0.3, 0.4) is 0 Å². The molecule has 28 heavy (non-hydrogen) atoms. The van der Waals surface area contributed by atoms with E-state index in [0.717, 1.165) is 12.1 Å². The predicted octanol–water partition coefficient (Wildman–Crippen LogP) is 1.10. The van der Waals surface area contributed by atoms with Gasteiger partial charge in [-0.2, -0.15) is 0 Å². The topological polar surface area (TPSA) is 110 Å². The summed E-state index contributed by atoms with van der Waals surface area (Å²) in [5.74, 6) is -0.650. The first-order valence-corrected chi connectivity index (χ1v) is 9.80. The molecule has 0 aromatic heterocycles. The van der Waals surface area contributed by atoms with Gasteiger partial charge in [0.15, 0.2) is 17.6 Å². The lowest BCUT2D eigenvalue weighted by Crippen LogP contribution is -2.56. The molecule has 7 heteroatoms. The van der Waals surface area contributed by atoms with Crippen LogP contribution in [-0.4, -0.2) is 68.7 Å². The molecule has 2 fully saturated rings. The third kappa shape index (κ3) is 2.12. The van der Waals surface area contributed by atoms with Crippen molar-refractivity contribution in [3.8, 4) is 11.5 Å². The molecule has 1 aromatic rings. The molecule has 0 spiro atoms. The highest BCUT2D eigenvalue weighted by Crippen LogP contribution is 2.66. The van der Waals surface area contributed by atoms with Gasteiger partial charge in [-0.1, -0.05) is 18.2 Å². The number of aliphatic carboxylic acids is 1. The van der Waals surface area contributed by atoms with E-state index in [4.69, 9.17) is 4.74 Å². The monoisotopic (exact) mass is 387 g/mol. The summed E-state index contributed by atoms with van der Waals surface area (Å²) in [6.07, 6.45) is 4.67. The Hall–Kier alpha value is -2.09. The zero-order valence-electron chi connectivity index (χ0n) is 15.8. The van der Waals surface area contributed by atoms with Gasteiger partial charge in [-0.15, -0.1) is 0 Å². The zero-order chi connectivity index (χ0) is 19.9. The number of aliphatic hydroxyl groups is 2. The van der Waals surface area contributed by atoms with Crippen LogP contribution in [0.2, 0.25) is 0 Å². The molecule has 0 saturated heterocycles. The quantitative estimate of drug-likeness (QED) is 0.579. The highest BCUT2D eigenvalue weighted by atomic mass is 16.5. The van der Waals surface area contributed by atoms with Crippen molar-refractivity contribution in [3.05, 3.63) is 29.3 Å². The van der Waals surface area contributed by atoms with E-state index in [1.54, 1.807) is 18.2 Å². The fraction of sp³-hybridized carbons (Fsp3) is 0.571. The number of hydrogen-bond donors (Lipinski definition) is 4. The second-order valence-corrected chi connectivity index (χ2v) is 8.97. The second-order valence-electron chi connectivity index (χ2n) is 8.97. The number of phenols is 1. The summed E-state index contributed by atoms with van der Waals surface area (Å²) in [5, 5.41) is 42.8. The fourth-order valence-corrected chi connectivity index (χ4v) is 5.56. The van der Waals surface area contributed by atoms with Gasteiger partial charge in [0, 0.05) is 18.5 Å². The van der Waals surface area contributed by atoms with Crippen molar-refractivity contribution >= 4 is 12.0 Å². The maximum absolute atomic E-state index is 12.0. The predicted molar refractivity (Wildman–Crippen MR) is 100 cm³/mol. The lowest BCUT2D eigenvalue weighted by molar-refractivity contribution is -0.167. The van der Waals surface area contributed by atoms with E-state index in [2.05, 4.69) is 4.90 Å². The molecule has 1 aromatic carbocycles. The minimum Gasteiger partial charge on any atom is -0.504 e. The molecule has 4 N–H and O–H groups in total. The molecule has 4 atom stereocenters. The summed E-state index contributed by atoms with van der Waals surface area (Å²) in [4.78, 5) is 14.2. The van der Waals surface area contributed by atoms with Gasteiger partial charge in [0.1, 0.15) is 5.60 Å². The Morgan fingerprint density at radius 1 is 1.32 bits per heavy atom. The number of rotatable bonds is 6. The number of ether oxygens (including phenoxy) is 1. The van der Waals surface area contributed by atoms with Gasteiger partial charge in [0.25, 0.3) is 0 Å². The van der Waals surface area contributed by atoms with Gasteiger partial charge in [0.2, 0.25) is 5.60 Å². The molecule has 5 rings (SSSR count). The lowest BCUT2D eigenvalue weighted by Gasteiger charge is -2.43. The zero-order valence-corrected chi connectivity index (χ0v) is 15.8. The van der Waals surface area contributed by atoms with Crippen LogP contribution in [0.5, 0.6) is 11.5 Å². The molecular formula is C21H25NO6. The van der Waals surface area contributed by atoms with Crippen LogP contribution in [0.1, 0.15) is 36.8 Å². The summed E-state index contributed by atoms with van der Waals surface area (Å²) >= 11 is 0. The van der Waals surface area contributed by atoms with Gasteiger partial charge in [-0.3, -0.25) is 0 Å². The average Bonchev–Trinajstić information content (AvgIpc) is 3.31. The van der Waals surface area contributed by atoms with E-state index in [-0.39, 0.29) is 17.9 Å². The minimum atomic E-state index is -2.25. The first kappa shape index (κ1) is 18.0. The van der Waals surface area contributed by atoms with Crippen LogP contribution >= 0.6 is 0 Å². The van der Waals surface area contributed by atoms with Crippen LogP contribution in [0.4, 0.5) is 0 Å². The number of carboxylic acids is 1. The van der Waals surface area contributed by atoms with Crippen LogP contribution in [0.15, 0.2) is 18.2 Å². The molecule has 1 aliphatic heterocycles. The third-order valence-corrected chi connectivity index (χ3v) is 7.11. The molecule has 7 nitrogen and oxygen atoms in total. The Bertz CT molecular complexity index is 895. The smallest absolute Gasteiger partial charge is 0.339 e. The Balaban J connectivity index is 1.63. The molecule has 150 valence electrons. The van der Waals surface area contributed by atoms with Gasteiger partial charge >= 0.3 is 5.97 Å². The molecule has 0 bridgehead atoms. The molecule has 2 saturated carbocycles. The number of phenolic OH excluding ortho intramolecular Hbond substituents is 1. The lowest BCUT2D eigenvalue weighted by atomic mass is 9.62. The maximum atomic E-state index is 12.0. The Morgan fingerprint density at radius 2 is 2.07 bits per heavy atom. The van der Waals surface area contributed by atoms with Crippen LogP contribution in [0.25, 0.3) is 6.08 Å². The first-order chi connectivity index (χ1) is 13.2. The largest absolute Gasteiger partial charge is 0.504 e. The van der Waals surface area contributed by atoms with E-state index in [1.165, 1.54) is 18.9 Å². The number of hydrogen-bond acceptors (Lipinski definition) is 6. The van der Waals surface area contributed by atoms with Gasteiger partial charge in [-0.05, 0) is 50.4 Å². The minimum absolute atomic E-state index is 0.107. The number of benzene rings is 1. The SMILES string of the molecule is CN(CC[C@]12c3c4ccc(O)c3O[C@H]1[C@](O)(C(=O)O)C[C@@]2(O)C=C4)CC1CC1.